The molecule has 2 aromatic rings. The molecule has 0 saturated heterocycles. The number of anilines is 1. The molecule has 0 saturated carbocycles. The van der Waals surface area contributed by atoms with Crippen molar-refractivity contribution in [3.63, 3.8) is 0 Å². The van der Waals surface area contributed by atoms with Gasteiger partial charge in [0.1, 0.15) is 0 Å². The number of thiophene rings is 1. The number of ketones is 1. The van der Waals surface area contributed by atoms with Gasteiger partial charge in [0.05, 0.1) is 4.88 Å². The molecule has 0 aliphatic rings. The van der Waals surface area contributed by atoms with Gasteiger partial charge in [-0.05, 0) is 50.1 Å². The molecule has 0 fully saturated rings. The highest BCUT2D eigenvalue weighted by Crippen LogP contribution is 2.24. The fraction of sp³-hybridized carbons (Fsp3) is 0.214. The van der Waals surface area contributed by atoms with E-state index >= 15 is 0 Å². The Morgan fingerprint density at radius 2 is 1.82 bits per heavy atom. The van der Waals surface area contributed by atoms with Crippen LogP contribution in [0.1, 0.15) is 31.2 Å². The summed E-state index contributed by atoms with van der Waals surface area (Å²) in [5.41, 5.74) is 9.23. The standard InChI is InChI=1S/C14H15NOS/c1-8-6-9(2)12(15)7-11(8)14(16)13-5-4-10(3)17-13/h4-7H,15H2,1-3H3. The molecule has 0 aliphatic carbocycles. The molecule has 0 amide bonds. The van der Waals surface area contributed by atoms with E-state index in [0.29, 0.717) is 11.3 Å². The first-order valence-electron chi connectivity index (χ1n) is 5.47. The smallest absolute Gasteiger partial charge is 0.203 e. The minimum absolute atomic E-state index is 0.0623. The van der Waals surface area contributed by atoms with E-state index in [9.17, 15) is 4.79 Å². The van der Waals surface area contributed by atoms with Gasteiger partial charge in [-0.2, -0.15) is 0 Å². The van der Waals surface area contributed by atoms with Crippen molar-refractivity contribution in [1.29, 1.82) is 0 Å². The lowest BCUT2D eigenvalue weighted by molar-refractivity contribution is 0.104. The van der Waals surface area contributed by atoms with Gasteiger partial charge in [0.15, 0.2) is 0 Å². The summed E-state index contributed by atoms with van der Waals surface area (Å²) in [6, 6.07) is 7.58. The first kappa shape index (κ1) is 11.9. The Morgan fingerprint density at radius 3 is 2.41 bits per heavy atom. The van der Waals surface area contributed by atoms with Crippen molar-refractivity contribution in [3.05, 3.63) is 50.7 Å². The number of aryl methyl sites for hydroxylation is 3. The van der Waals surface area contributed by atoms with E-state index < -0.39 is 0 Å². The lowest BCUT2D eigenvalue weighted by Gasteiger charge is -2.07. The molecule has 17 heavy (non-hydrogen) atoms. The Morgan fingerprint density at radius 1 is 1.12 bits per heavy atom. The number of hydrogen-bond donors (Lipinski definition) is 1. The van der Waals surface area contributed by atoms with E-state index in [0.717, 1.165) is 20.9 Å². The van der Waals surface area contributed by atoms with Gasteiger partial charge in [-0.25, -0.2) is 0 Å². The molecule has 2 rings (SSSR count). The summed E-state index contributed by atoms with van der Waals surface area (Å²) in [5, 5.41) is 0. The molecule has 0 spiro atoms. The zero-order valence-electron chi connectivity index (χ0n) is 10.2. The summed E-state index contributed by atoms with van der Waals surface area (Å²) in [7, 11) is 0. The van der Waals surface area contributed by atoms with Gasteiger partial charge in [0, 0.05) is 16.1 Å². The van der Waals surface area contributed by atoms with Gasteiger partial charge >= 0.3 is 0 Å². The zero-order chi connectivity index (χ0) is 12.6. The summed E-state index contributed by atoms with van der Waals surface area (Å²) in [5.74, 6) is 0.0623. The third-order valence-electron chi connectivity index (χ3n) is 2.82. The number of carbonyl (C=O) groups is 1. The lowest BCUT2D eigenvalue weighted by Crippen LogP contribution is -2.04. The Balaban J connectivity index is 2.47. The highest BCUT2D eigenvalue weighted by Gasteiger charge is 2.14. The minimum Gasteiger partial charge on any atom is -0.398 e. The van der Waals surface area contributed by atoms with Gasteiger partial charge in [-0.3, -0.25) is 4.79 Å². The summed E-state index contributed by atoms with van der Waals surface area (Å²) < 4.78 is 0. The van der Waals surface area contributed by atoms with Crippen molar-refractivity contribution < 1.29 is 4.79 Å². The molecular weight excluding hydrogens is 230 g/mol. The maximum absolute atomic E-state index is 12.3. The van der Waals surface area contributed by atoms with E-state index in [1.54, 1.807) is 6.07 Å². The predicted octanol–water partition coefficient (Wildman–Crippen LogP) is 3.49. The van der Waals surface area contributed by atoms with Crippen molar-refractivity contribution in [3.8, 4) is 0 Å². The SMILES string of the molecule is Cc1ccc(C(=O)c2cc(N)c(C)cc2C)s1. The first-order valence-corrected chi connectivity index (χ1v) is 6.28. The van der Waals surface area contributed by atoms with Crippen LogP contribution in [0, 0.1) is 20.8 Å². The van der Waals surface area contributed by atoms with Crippen LogP contribution in [0.3, 0.4) is 0 Å². The predicted molar refractivity (Wildman–Crippen MR) is 72.8 cm³/mol. The fourth-order valence-corrected chi connectivity index (χ4v) is 2.62. The summed E-state index contributed by atoms with van der Waals surface area (Å²) in [6.45, 7) is 5.89. The van der Waals surface area contributed by atoms with E-state index in [2.05, 4.69) is 0 Å². The Bertz CT molecular complexity index is 584. The molecule has 0 unspecified atom stereocenters. The molecule has 1 aromatic carbocycles. The molecule has 88 valence electrons. The van der Waals surface area contributed by atoms with Crippen LogP contribution < -0.4 is 5.73 Å². The average molecular weight is 245 g/mol. The quantitative estimate of drug-likeness (QED) is 0.650. The molecule has 0 aliphatic heterocycles. The van der Waals surface area contributed by atoms with Crippen molar-refractivity contribution in [2.75, 3.05) is 5.73 Å². The highest BCUT2D eigenvalue weighted by atomic mass is 32.1. The van der Waals surface area contributed by atoms with Crippen LogP contribution in [0.5, 0.6) is 0 Å². The second-order valence-electron chi connectivity index (χ2n) is 4.26. The third-order valence-corrected chi connectivity index (χ3v) is 3.82. The number of nitrogens with two attached hydrogens (primary N) is 1. The molecule has 0 radical (unpaired) electrons. The maximum Gasteiger partial charge on any atom is 0.203 e. The molecule has 3 heteroatoms. The first-order chi connectivity index (χ1) is 7.99. The van der Waals surface area contributed by atoms with E-state index in [1.807, 2.05) is 39.0 Å². The number of rotatable bonds is 2. The van der Waals surface area contributed by atoms with Crippen LogP contribution in [0.4, 0.5) is 5.69 Å². The van der Waals surface area contributed by atoms with Crippen molar-refractivity contribution >= 4 is 22.8 Å². The van der Waals surface area contributed by atoms with Crippen LogP contribution >= 0.6 is 11.3 Å². The van der Waals surface area contributed by atoms with Crippen molar-refractivity contribution in [2.24, 2.45) is 0 Å². The normalized spacial score (nSPS) is 10.5. The molecular formula is C14H15NOS. The van der Waals surface area contributed by atoms with E-state index in [4.69, 9.17) is 5.73 Å². The van der Waals surface area contributed by atoms with E-state index in [-0.39, 0.29) is 5.78 Å². The molecule has 2 N–H and O–H groups in total. The average Bonchev–Trinajstić information content (AvgIpc) is 2.69. The Labute approximate surface area is 105 Å². The van der Waals surface area contributed by atoms with Gasteiger partial charge in [-0.15, -0.1) is 11.3 Å². The van der Waals surface area contributed by atoms with Crippen LogP contribution in [0.2, 0.25) is 0 Å². The number of nitrogen functional groups attached to an aromatic ring is 1. The van der Waals surface area contributed by atoms with Gasteiger partial charge in [-0.1, -0.05) is 6.07 Å². The summed E-state index contributed by atoms with van der Waals surface area (Å²) in [4.78, 5) is 14.2. The molecule has 0 atom stereocenters. The Hall–Kier alpha value is -1.61. The Kier molecular flexibility index (Phi) is 3.03. The van der Waals surface area contributed by atoms with Crippen LogP contribution in [0.25, 0.3) is 0 Å². The van der Waals surface area contributed by atoms with Crippen molar-refractivity contribution in [2.45, 2.75) is 20.8 Å². The zero-order valence-corrected chi connectivity index (χ0v) is 11.0. The number of benzene rings is 1. The second-order valence-corrected chi connectivity index (χ2v) is 5.55. The molecule has 2 nitrogen and oxygen atoms in total. The molecule has 1 aromatic heterocycles. The lowest BCUT2D eigenvalue weighted by atomic mass is 10.00. The third kappa shape index (κ3) is 2.24. The summed E-state index contributed by atoms with van der Waals surface area (Å²) >= 11 is 1.52. The molecule has 0 bridgehead atoms. The van der Waals surface area contributed by atoms with Crippen LogP contribution in [-0.4, -0.2) is 5.78 Å². The van der Waals surface area contributed by atoms with Gasteiger partial charge < -0.3 is 5.73 Å². The molecule has 1 heterocycles. The fourth-order valence-electron chi connectivity index (χ4n) is 1.80. The minimum atomic E-state index is 0.0623. The summed E-state index contributed by atoms with van der Waals surface area (Å²) in [6.07, 6.45) is 0. The second kappa shape index (κ2) is 4.34. The van der Waals surface area contributed by atoms with Crippen LogP contribution in [-0.2, 0) is 0 Å². The van der Waals surface area contributed by atoms with Gasteiger partial charge in [0.25, 0.3) is 0 Å². The topological polar surface area (TPSA) is 43.1 Å². The monoisotopic (exact) mass is 245 g/mol. The van der Waals surface area contributed by atoms with Crippen LogP contribution in [0.15, 0.2) is 24.3 Å². The number of carbonyl (C=O) groups excluding carboxylic acids is 1. The van der Waals surface area contributed by atoms with Gasteiger partial charge in [0.2, 0.25) is 5.78 Å². The van der Waals surface area contributed by atoms with E-state index in [1.165, 1.54) is 11.3 Å². The highest BCUT2D eigenvalue weighted by molar-refractivity contribution is 7.14. The number of hydrogen-bond acceptors (Lipinski definition) is 3. The van der Waals surface area contributed by atoms with Crippen molar-refractivity contribution in [1.82, 2.24) is 0 Å². The largest absolute Gasteiger partial charge is 0.398 e. The maximum atomic E-state index is 12.3.